The molecule has 11 heteroatoms. The van der Waals surface area contributed by atoms with Crippen LogP contribution in [0.2, 0.25) is 15.1 Å². The molecule has 0 radical (unpaired) electrons. The predicted octanol–water partition coefficient (Wildman–Crippen LogP) is 6.17. The molecular weight excluding hydrogens is 695 g/mol. The molecule has 3 aliphatic heterocycles. The number of likely N-dealkylation sites (tertiary alicyclic amines) is 3. The average molecular weight is 740 g/mol. The predicted molar refractivity (Wildman–Crippen MR) is 198 cm³/mol. The van der Waals surface area contributed by atoms with Crippen molar-refractivity contribution in [2.75, 3.05) is 39.3 Å². The highest BCUT2D eigenvalue weighted by molar-refractivity contribution is 6.31. The summed E-state index contributed by atoms with van der Waals surface area (Å²) in [6.07, 6.45) is 2.66. The maximum atomic E-state index is 14.7. The van der Waals surface area contributed by atoms with Crippen molar-refractivity contribution in [1.82, 2.24) is 20.0 Å². The summed E-state index contributed by atoms with van der Waals surface area (Å²) >= 11 is 19.0. The molecule has 0 aromatic heterocycles. The van der Waals surface area contributed by atoms with E-state index in [1.807, 2.05) is 36.4 Å². The molecule has 0 spiro atoms. The summed E-state index contributed by atoms with van der Waals surface area (Å²) < 4.78 is 0. The lowest BCUT2D eigenvalue weighted by atomic mass is 9.67. The highest BCUT2D eigenvalue weighted by atomic mass is 35.5. The Morgan fingerprint density at radius 3 is 1.84 bits per heavy atom. The molecule has 4 atom stereocenters. The maximum absolute atomic E-state index is 14.7. The van der Waals surface area contributed by atoms with Gasteiger partial charge in [0.2, 0.25) is 17.7 Å². The van der Waals surface area contributed by atoms with Crippen LogP contribution in [0, 0.1) is 5.92 Å². The molecule has 3 aliphatic rings. The first-order valence-electron chi connectivity index (χ1n) is 17.6. The van der Waals surface area contributed by atoms with Gasteiger partial charge in [-0.05, 0) is 97.8 Å². The fourth-order valence-corrected chi connectivity index (χ4v) is 8.50. The molecule has 3 fully saturated rings. The monoisotopic (exact) mass is 738 g/mol. The third kappa shape index (κ3) is 7.85. The Kier molecular flexibility index (Phi) is 11.8. The normalized spacial score (nSPS) is 22.9. The molecule has 3 amide bonds. The lowest BCUT2D eigenvalue weighted by Gasteiger charge is -2.38. The minimum Gasteiger partial charge on any atom is -0.391 e. The Bertz CT molecular complexity index is 1540. The SMILES string of the molecule is CCN1CCC[C@H](CNC(=O)C2CCCN2C(=O)[C@@H]2C[C@@H](O)CN2C(=O)CC(c2ccc(Cl)cc2)(c2ccc(Cl)cc2)c2ccc(Cl)cc2)C1. The number of amides is 3. The Hall–Kier alpha value is -3.14. The zero-order valence-corrected chi connectivity index (χ0v) is 30.6. The fourth-order valence-electron chi connectivity index (χ4n) is 8.12. The van der Waals surface area contributed by atoms with Crippen LogP contribution < -0.4 is 5.32 Å². The van der Waals surface area contributed by atoms with Gasteiger partial charge in [0.25, 0.3) is 0 Å². The van der Waals surface area contributed by atoms with Gasteiger partial charge >= 0.3 is 0 Å². The first-order chi connectivity index (χ1) is 24.1. The van der Waals surface area contributed by atoms with E-state index >= 15 is 0 Å². The molecule has 2 N–H and O–H groups in total. The summed E-state index contributed by atoms with van der Waals surface area (Å²) in [5, 5.41) is 15.7. The van der Waals surface area contributed by atoms with Crippen molar-refractivity contribution >= 4 is 52.5 Å². The smallest absolute Gasteiger partial charge is 0.246 e. The third-order valence-corrected chi connectivity index (χ3v) is 11.5. The van der Waals surface area contributed by atoms with Crippen molar-refractivity contribution in [2.24, 2.45) is 5.92 Å². The number of β-amino-alcohol motifs (C(OH)–C–C–N with tert-alkyl or cyclic N) is 1. The zero-order valence-electron chi connectivity index (χ0n) is 28.4. The van der Waals surface area contributed by atoms with E-state index in [1.54, 1.807) is 41.3 Å². The van der Waals surface area contributed by atoms with Crippen LogP contribution in [-0.4, -0.2) is 95.0 Å². The standard InChI is InChI=1S/C39H45Cl3N4O4/c1-2-44-19-3-5-26(24-44)23-43-37(49)34-6-4-20-45(34)38(50)35-21-33(47)25-46(35)36(48)22-39(27-7-13-30(40)14-8-27,28-9-15-31(41)16-10-28)29-11-17-32(42)18-12-29/h7-18,26,33-35,47H,2-6,19-25H2,1H3,(H,43,49)/t26-,33-,34?,35+/m1/s1. The lowest BCUT2D eigenvalue weighted by molar-refractivity contribution is -0.146. The molecule has 3 saturated heterocycles. The zero-order chi connectivity index (χ0) is 35.4. The molecule has 50 heavy (non-hydrogen) atoms. The van der Waals surface area contributed by atoms with Crippen LogP contribution in [0.3, 0.4) is 0 Å². The van der Waals surface area contributed by atoms with Crippen molar-refractivity contribution < 1.29 is 19.5 Å². The van der Waals surface area contributed by atoms with E-state index in [0.717, 1.165) is 49.2 Å². The first kappa shape index (κ1) is 36.6. The van der Waals surface area contributed by atoms with Crippen LogP contribution in [0.25, 0.3) is 0 Å². The van der Waals surface area contributed by atoms with E-state index in [2.05, 4.69) is 17.1 Å². The number of carbonyl (C=O) groups excluding carboxylic acids is 3. The van der Waals surface area contributed by atoms with Gasteiger partial charge in [-0.15, -0.1) is 0 Å². The molecule has 0 aliphatic carbocycles. The largest absolute Gasteiger partial charge is 0.391 e. The minimum atomic E-state index is -1.01. The topological polar surface area (TPSA) is 93.2 Å². The van der Waals surface area contributed by atoms with Crippen molar-refractivity contribution in [3.05, 3.63) is 105 Å². The van der Waals surface area contributed by atoms with Crippen molar-refractivity contribution in [2.45, 2.75) is 69.1 Å². The quantitative estimate of drug-likeness (QED) is 0.243. The molecule has 0 bridgehead atoms. The van der Waals surface area contributed by atoms with Crippen LogP contribution in [0.4, 0.5) is 0 Å². The molecule has 3 aromatic rings. The lowest BCUT2D eigenvalue weighted by Crippen LogP contribution is -2.54. The van der Waals surface area contributed by atoms with E-state index in [0.29, 0.717) is 46.9 Å². The number of rotatable bonds is 10. The van der Waals surface area contributed by atoms with Gasteiger partial charge in [-0.25, -0.2) is 0 Å². The number of piperidine rings is 1. The molecule has 8 nitrogen and oxygen atoms in total. The Morgan fingerprint density at radius 1 is 0.760 bits per heavy atom. The summed E-state index contributed by atoms with van der Waals surface area (Å²) in [7, 11) is 0. The second-order valence-corrected chi connectivity index (χ2v) is 15.2. The van der Waals surface area contributed by atoms with Gasteiger partial charge in [0, 0.05) is 54.1 Å². The van der Waals surface area contributed by atoms with Gasteiger partial charge < -0.3 is 25.1 Å². The summed E-state index contributed by atoms with van der Waals surface area (Å²) in [6, 6.07) is 20.7. The number of aliphatic hydroxyl groups excluding tert-OH is 1. The molecule has 6 rings (SSSR count). The molecule has 0 saturated carbocycles. The maximum Gasteiger partial charge on any atom is 0.246 e. The van der Waals surface area contributed by atoms with Gasteiger partial charge in [0.05, 0.1) is 11.5 Å². The van der Waals surface area contributed by atoms with Gasteiger partial charge in [0.15, 0.2) is 0 Å². The number of hydrogen-bond donors (Lipinski definition) is 2. The fraction of sp³-hybridized carbons (Fsp3) is 0.462. The van der Waals surface area contributed by atoms with E-state index in [1.165, 1.54) is 4.90 Å². The number of carbonyl (C=O) groups is 3. The van der Waals surface area contributed by atoms with Crippen molar-refractivity contribution in [3.63, 3.8) is 0 Å². The number of nitrogens with one attached hydrogen (secondary N) is 1. The second kappa shape index (κ2) is 16.0. The van der Waals surface area contributed by atoms with Crippen LogP contribution in [-0.2, 0) is 19.8 Å². The van der Waals surface area contributed by atoms with E-state index in [-0.39, 0.29) is 37.1 Å². The summed E-state index contributed by atoms with van der Waals surface area (Å²) in [5.41, 5.74) is 1.44. The summed E-state index contributed by atoms with van der Waals surface area (Å²) in [5.74, 6) is -0.346. The Balaban J connectivity index is 1.27. The first-order valence-corrected chi connectivity index (χ1v) is 18.8. The molecular formula is C39H45Cl3N4O4. The van der Waals surface area contributed by atoms with Crippen molar-refractivity contribution in [1.29, 1.82) is 0 Å². The number of halogens is 3. The Labute approximate surface area is 309 Å². The summed E-state index contributed by atoms with van der Waals surface area (Å²) in [6.45, 7) is 6.25. The number of hydrogen-bond acceptors (Lipinski definition) is 5. The van der Waals surface area contributed by atoms with Crippen LogP contribution in [0.1, 0.15) is 62.1 Å². The van der Waals surface area contributed by atoms with Gasteiger partial charge in [-0.3, -0.25) is 14.4 Å². The minimum absolute atomic E-state index is 0.0213. The molecule has 3 aromatic carbocycles. The van der Waals surface area contributed by atoms with Crippen LogP contribution >= 0.6 is 34.8 Å². The highest BCUT2D eigenvalue weighted by Gasteiger charge is 2.47. The van der Waals surface area contributed by atoms with Crippen molar-refractivity contribution in [3.8, 4) is 0 Å². The van der Waals surface area contributed by atoms with E-state index in [9.17, 15) is 19.5 Å². The summed E-state index contributed by atoms with van der Waals surface area (Å²) in [4.78, 5) is 48.0. The number of aliphatic hydroxyl groups is 1. The van der Waals surface area contributed by atoms with Gasteiger partial charge in [-0.1, -0.05) is 78.1 Å². The number of benzene rings is 3. The van der Waals surface area contributed by atoms with Crippen LogP contribution in [0.5, 0.6) is 0 Å². The average Bonchev–Trinajstić information content (AvgIpc) is 3.78. The second-order valence-electron chi connectivity index (χ2n) is 13.9. The highest BCUT2D eigenvalue weighted by Crippen LogP contribution is 2.44. The van der Waals surface area contributed by atoms with E-state index in [4.69, 9.17) is 34.8 Å². The molecule has 1 unspecified atom stereocenters. The number of nitrogens with zero attached hydrogens (tertiary/aromatic N) is 3. The Morgan fingerprint density at radius 2 is 1.30 bits per heavy atom. The molecule has 3 heterocycles. The van der Waals surface area contributed by atoms with Gasteiger partial charge in [-0.2, -0.15) is 0 Å². The van der Waals surface area contributed by atoms with E-state index < -0.39 is 23.6 Å². The third-order valence-electron chi connectivity index (χ3n) is 10.8. The molecule has 266 valence electrons. The van der Waals surface area contributed by atoms with Gasteiger partial charge in [0.1, 0.15) is 12.1 Å². The van der Waals surface area contributed by atoms with Crippen LogP contribution in [0.15, 0.2) is 72.8 Å².